The molecule has 0 heterocycles. The molecule has 1 aliphatic carbocycles. The fourth-order valence-electron chi connectivity index (χ4n) is 5.33. The fraction of sp³-hybridized carbons (Fsp3) is 0.500. The average molecular weight is 515 g/mol. The predicted octanol–water partition coefficient (Wildman–Crippen LogP) is 10.8. The van der Waals surface area contributed by atoms with Gasteiger partial charge in [0.1, 0.15) is 0 Å². The predicted molar refractivity (Wildman–Crippen MR) is 171 cm³/mol. The lowest BCUT2D eigenvalue weighted by molar-refractivity contribution is 0.354. The SMILES string of the molecule is CCCC/C=C1C=C(/C=C(\CCC)N(CC)c2ccccc2C)CC(C)(C)C/1.CCNc1ccccc1C. The van der Waals surface area contributed by atoms with Crippen molar-refractivity contribution < 1.29 is 0 Å². The smallest absolute Gasteiger partial charge is 0.0437 e. The van der Waals surface area contributed by atoms with Crippen LogP contribution in [0.4, 0.5) is 11.4 Å². The van der Waals surface area contributed by atoms with E-state index in [9.17, 15) is 0 Å². The van der Waals surface area contributed by atoms with Gasteiger partial charge in [-0.05, 0) is 93.7 Å². The molecule has 0 saturated heterocycles. The lowest BCUT2D eigenvalue weighted by atomic mass is 9.74. The minimum atomic E-state index is 0.343. The van der Waals surface area contributed by atoms with Crippen molar-refractivity contribution in [3.8, 4) is 0 Å². The summed E-state index contributed by atoms with van der Waals surface area (Å²) in [4.78, 5) is 2.52. The van der Waals surface area contributed by atoms with Crippen LogP contribution in [-0.2, 0) is 0 Å². The molecule has 0 atom stereocenters. The summed E-state index contributed by atoms with van der Waals surface area (Å²) in [5, 5.41) is 3.28. The van der Waals surface area contributed by atoms with Gasteiger partial charge in [-0.3, -0.25) is 0 Å². The van der Waals surface area contributed by atoms with Gasteiger partial charge in [-0.25, -0.2) is 0 Å². The summed E-state index contributed by atoms with van der Waals surface area (Å²) in [5.74, 6) is 0. The van der Waals surface area contributed by atoms with Gasteiger partial charge in [-0.1, -0.05) is 101 Å². The van der Waals surface area contributed by atoms with Crippen LogP contribution in [0.3, 0.4) is 0 Å². The molecule has 0 unspecified atom stereocenters. The van der Waals surface area contributed by atoms with Gasteiger partial charge in [-0.15, -0.1) is 0 Å². The van der Waals surface area contributed by atoms with Gasteiger partial charge in [0.2, 0.25) is 0 Å². The molecule has 208 valence electrons. The third-order valence-corrected chi connectivity index (χ3v) is 7.14. The van der Waals surface area contributed by atoms with Crippen LogP contribution < -0.4 is 10.2 Å². The van der Waals surface area contributed by atoms with Crippen molar-refractivity contribution in [2.75, 3.05) is 23.3 Å². The summed E-state index contributed by atoms with van der Waals surface area (Å²) in [6.45, 7) is 20.1. The van der Waals surface area contributed by atoms with Crippen molar-refractivity contribution in [1.29, 1.82) is 0 Å². The summed E-state index contributed by atoms with van der Waals surface area (Å²) >= 11 is 0. The number of nitrogens with one attached hydrogen (secondary N) is 1. The molecule has 1 N–H and O–H groups in total. The molecule has 0 saturated carbocycles. The van der Waals surface area contributed by atoms with Gasteiger partial charge < -0.3 is 10.2 Å². The van der Waals surface area contributed by atoms with Crippen molar-refractivity contribution in [3.63, 3.8) is 0 Å². The summed E-state index contributed by atoms with van der Waals surface area (Å²) < 4.78 is 0. The van der Waals surface area contributed by atoms with Crippen molar-refractivity contribution in [2.24, 2.45) is 5.41 Å². The van der Waals surface area contributed by atoms with Crippen LogP contribution in [0, 0.1) is 19.3 Å². The molecule has 0 bridgehead atoms. The Balaban J connectivity index is 0.000000423. The highest BCUT2D eigenvalue weighted by Crippen LogP contribution is 2.39. The third kappa shape index (κ3) is 10.2. The molecule has 0 aliphatic heterocycles. The van der Waals surface area contributed by atoms with Crippen LogP contribution in [-0.4, -0.2) is 13.1 Å². The lowest BCUT2D eigenvalue weighted by Crippen LogP contribution is -2.24. The van der Waals surface area contributed by atoms with Gasteiger partial charge >= 0.3 is 0 Å². The zero-order chi connectivity index (χ0) is 28.0. The van der Waals surface area contributed by atoms with Crippen LogP contribution >= 0.6 is 0 Å². The molecule has 38 heavy (non-hydrogen) atoms. The van der Waals surface area contributed by atoms with Gasteiger partial charge in [0.25, 0.3) is 0 Å². The van der Waals surface area contributed by atoms with Crippen LogP contribution in [0.1, 0.15) is 97.6 Å². The van der Waals surface area contributed by atoms with E-state index >= 15 is 0 Å². The minimum Gasteiger partial charge on any atom is -0.385 e. The number of para-hydroxylation sites is 2. The first-order valence-electron chi connectivity index (χ1n) is 15.0. The standard InChI is InChI=1S/C27H41N.C9H13N/c1-7-10-11-16-23-18-24(21-27(5,6)20-23)19-25(14-8-2)28(9-3)26-17-13-12-15-22(26)4;1-3-10-9-7-5-4-6-8(9)2/h12-13,15-19H,7-11,14,20-21H2,1-6H3;4-7,10H,3H2,1-2H3/b23-16-,25-19+;. The van der Waals surface area contributed by atoms with Crippen molar-refractivity contribution in [1.82, 2.24) is 0 Å². The molecule has 0 amide bonds. The van der Waals surface area contributed by atoms with E-state index in [0.717, 1.165) is 25.9 Å². The molecule has 2 heteroatoms. The monoisotopic (exact) mass is 514 g/mol. The number of hydrogen-bond donors (Lipinski definition) is 1. The maximum Gasteiger partial charge on any atom is 0.0437 e. The van der Waals surface area contributed by atoms with Gasteiger partial charge in [-0.2, -0.15) is 0 Å². The van der Waals surface area contributed by atoms with Crippen LogP contribution in [0.5, 0.6) is 0 Å². The lowest BCUT2D eigenvalue weighted by Gasteiger charge is -2.33. The largest absolute Gasteiger partial charge is 0.385 e. The first-order valence-corrected chi connectivity index (χ1v) is 15.0. The topological polar surface area (TPSA) is 15.3 Å². The number of anilines is 2. The highest BCUT2D eigenvalue weighted by atomic mass is 15.1. The Morgan fingerprint density at radius 3 is 2.18 bits per heavy atom. The van der Waals surface area contributed by atoms with Crippen molar-refractivity contribution >= 4 is 11.4 Å². The van der Waals surface area contributed by atoms with Gasteiger partial charge in [0.05, 0.1) is 0 Å². The zero-order valence-corrected chi connectivity index (χ0v) is 25.7. The first-order chi connectivity index (χ1) is 18.2. The Kier molecular flexibility index (Phi) is 13.5. The highest BCUT2D eigenvalue weighted by molar-refractivity contribution is 5.58. The number of allylic oxidation sites excluding steroid dienone is 6. The Bertz CT molecular complexity index is 1070. The Hall–Kier alpha value is -2.74. The second kappa shape index (κ2) is 16.3. The van der Waals surface area contributed by atoms with Crippen LogP contribution in [0.2, 0.25) is 0 Å². The highest BCUT2D eigenvalue weighted by Gasteiger charge is 2.25. The summed E-state index contributed by atoms with van der Waals surface area (Å²) in [5.41, 5.74) is 10.1. The quantitative estimate of drug-likeness (QED) is 0.300. The Labute approximate surface area is 234 Å². The number of aryl methyl sites for hydroxylation is 2. The van der Waals surface area contributed by atoms with E-state index < -0.39 is 0 Å². The number of hydrogen-bond acceptors (Lipinski definition) is 2. The molecule has 0 aromatic heterocycles. The summed E-state index contributed by atoms with van der Waals surface area (Å²) in [6, 6.07) is 17.1. The molecule has 1 aliphatic rings. The number of benzene rings is 2. The summed E-state index contributed by atoms with van der Waals surface area (Å²) in [7, 11) is 0. The Morgan fingerprint density at radius 1 is 0.895 bits per heavy atom. The molecule has 2 aromatic carbocycles. The molecule has 2 aromatic rings. The first kappa shape index (κ1) is 31.5. The maximum atomic E-state index is 3.28. The van der Waals surface area contributed by atoms with E-state index in [1.807, 2.05) is 6.07 Å². The average Bonchev–Trinajstić information content (AvgIpc) is 2.87. The van der Waals surface area contributed by atoms with Crippen molar-refractivity contribution in [3.05, 3.63) is 94.7 Å². The number of rotatable bonds is 11. The molecule has 0 fully saturated rings. The Morgan fingerprint density at radius 2 is 1.58 bits per heavy atom. The van der Waals surface area contributed by atoms with E-state index in [1.165, 1.54) is 71.4 Å². The summed E-state index contributed by atoms with van der Waals surface area (Å²) in [6.07, 6.45) is 15.9. The second-order valence-corrected chi connectivity index (χ2v) is 11.4. The van der Waals surface area contributed by atoms with Crippen LogP contribution in [0.15, 0.2) is 83.6 Å². The zero-order valence-electron chi connectivity index (χ0n) is 25.7. The van der Waals surface area contributed by atoms with Crippen molar-refractivity contribution in [2.45, 2.75) is 100 Å². The van der Waals surface area contributed by atoms with Gasteiger partial charge in [0, 0.05) is 30.2 Å². The van der Waals surface area contributed by atoms with E-state index in [-0.39, 0.29) is 0 Å². The second-order valence-electron chi connectivity index (χ2n) is 11.4. The molecular weight excluding hydrogens is 460 g/mol. The van der Waals surface area contributed by atoms with E-state index in [4.69, 9.17) is 0 Å². The van der Waals surface area contributed by atoms with E-state index in [0.29, 0.717) is 5.41 Å². The maximum absolute atomic E-state index is 3.28. The van der Waals surface area contributed by atoms with Gasteiger partial charge in [0.15, 0.2) is 0 Å². The van der Waals surface area contributed by atoms with Crippen LogP contribution in [0.25, 0.3) is 0 Å². The third-order valence-electron chi connectivity index (χ3n) is 7.14. The molecule has 3 rings (SSSR count). The number of unbranched alkanes of at least 4 members (excludes halogenated alkanes) is 2. The number of nitrogens with zero attached hydrogens (tertiary/aromatic N) is 1. The molecule has 0 radical (unpaired) electrons. The normalized spacial score (nSPS) is 15.9. The minimum absolute atomic E-state index is 0.343. The molecule has 0 spiro atoms. The van der Waals surface area contributed by atoms with E-state index in [2.05, 4.69) is 126 Å². The van der Waals surface area contributed by atoms with E-state index in [1.54, 1.807) is 0 Å². The fourth-order valence-corrected chi connectivity index (χ4v) is 5.33. The molecule has 2 nitrogen and oxygen atoms in total. The molecular formula is C36H54N2.